The van der Waals surface area contributed by atoms with E-state index in [2.05, 4.69) is 13.8 Å². The minimum Gasteiger partial charge on any atom is -0.398 e. The number of anilines is 1. The fourth-order valence-corrected chi connectivity index (χ4v) is 1.20. The lowest BCUT2D eigenvalue weighted by Gasteiger charge is -2.08. The van der Waals surface area contributed by atoms with Gasteiger partial charge in [0.05, 0.1) is 6.61 Å². The number of halogens is 1. The summed E-state index contributed by atoms with van der Waals surface area (Å²) in [6, 6.07) is 4.39. The van der Waals surface area contributed by atoms with Crippen molar-refractivity contribution in [3.05, 3.63) is 29.6 Å². The predicted octanol–water partition coefficient (Wildman–Crippen LogP) is 2.97. The van der Waals surface area contributed by atoms with Gasteiger partial charge in [-0.3, -0.25) is 0 Å². The average Bonchev–Trinajstić information content (AvgIpc) is 2.14. The summed E-state index contributed by atoms with van der Waals surface area (Å²) in [5, 5.41) is 0. The van der Waals surface area contributed by atoms with Gasteiger partial charge >= 0.3 is 0 Å². The molecule has 0 bridgehead atoms. The van der Waals surface area contributed by atoms with Gasteiger partial charge < -0.3 is 10.5 Å². The molecule has 0 unspecified atom stereocenters. The van der Waals surface area contributed by atoms with Crippen molar-refractivity contribution in [1.82, 2.24) is 0 Å². The van der Waals surface area contributed by atoms with Crippen LogP contribution in [0.15, 0.2) is 18.2 Å². The molecule has 2 nitrogen and oxygen atoms in total. The summed E-state index contributed by atoms with van der Waals surface area (Å²) in [5.41, 5.74) is 6.95. The summed E-state index contributed by atoms with van der Waals surface area (Å²) < 4.78 is 18.2. The molecule has 0 fully saturated rings. The topological polar surface area (TPSA) is 35.2 Å². The highest BCUT2D eigenvalue weighted by Gasteiger charge is 2.01. The van der Waals surface area contributed by atoms with Crippen molar-refractivity contribution >= 4 is 5.69 Å². The molecule has 0 aliphatic rings. The molecule has 1 aromatic carbocycles. The minimum atomic E-state index is -0.307. The minimum absolute atomic E-state index is 0.307. The third-order valence-corrected chi connectivity index (χ3v) is 2.21. The van der Waals surface area contributed by atoms with Gasteiger partial charge in [-0.05, 0) is 24.5 Å². The number of hydrogen-bond donors (Lipinski definition) is 1. The van der Waals surface area contributed by atoms with Gasteiger partial charge in [-0.15, -0.1) is 0 Å². The molecule has 0 atom stereocenters. The number of rotatable bonds is 5. The summed E-state index contributed by atoms with van der Waals surface area (Å²) in [4.78, 5) is 0. The molecular weight excluding hydrogens is 193 g/mol. The lowest BCUT2D eigenvalue weighted by atomic mass is 10.1. The number of hydrogen-bond acceptors (Lipinski definition) is 2. The van der Waals surface area contributed by atoms with Crippen molar-refractivity contribution in [3.63, 3.8) is 0 Å². The Balaban J connectivity index is 2.37. The third kappa shape index (κ3) is 4.30. The fourth-order valence-electron chi connectivity index (χ4n) is 1.20. The van der Waals surface area contributed by atoms with Crippen molar-refractivity contribution in [2.45, 2.75) is 26.9 Å². The maximum absolute atomic E-state index is 12.7. The van der Waals surface area contributed by atoms with Crippen LogP contribution in [0.3, 0.4) is 0 Å². The van der Waals surface area contributed by atoms with Gasteiger partial charge in [0.1, 0.15) is 5.82 Å². The average molecular weight is 211 g/mol. The monoisotopic (exact) mass is 211 g/mol. The highest BCUT2D eigenvalue weighted by atomic mass is 19.1. The molecule has 2 N–H and O–H groups in total. The van der Waals surface area contributed by atoms with Crippen molar-refractivity contribution in [2.75, 3.05) is 12.3 Å². The Bertz CT molecular complexity index is 312. The largest absolute Gasteiger partial charge is 0.398 e. The predicted molar refractivity (Wildman–Crippen MR) is 59.9 cm³/mol. The lowest BCUT2D eigenvalue weighted by molar-refractivity contribution is 0.111. The van der Waals surface area contributed by atoms with E-state index in [1.54, 1.807) is 6.07 Å². The summed E-state index contributed by atoms with van der Waals surface area (Å²) >= 11 is 0. The van der Waals surface area contributed by atoms with Crippen LogP contribution in [0.25, 0.3) is 0 Å². The van der Waals surface area contributed by atoms with Gasteiger partial charge in [0.15, 0.2) is 0 Å². The highest BCUT2D eigenvalue weighted by Crippen LogP contribution is 2.14. The first-order valence-corrected chi connectivity index (χ1v) is 5.21. The van der Waals surface area contributed by atoms with Crippen molar-refractivity contribution in [1.29, 1.82) is 0 Å². The quantitative estimate of drug-likeness (QED) is 0.600. The second kappa shape index (κ2) is 5.71. The molecule has 0 heterocycles. The molecule has 0 amide bonds. The first-order valence-electron chi connectivity index (χ1n) is 5.21. The summed E-state index contributed by atoms with van der Waals surface area (Å²) in [7, 11) is 0. The van der Waals surface area contributed by atoms with Gasteiger partial charge in [0, 0.05) is 17.9 Å². The molecule has 0 saturated heterocycles. The van der Waals surface area contributed by atoms with Crippen LogP contribution in [0.1, 0.15) is 25.8 Å². The van der Waals surface area contributed by atoms with E-state index in [0.717, 1.165) is 12.0 Å². The lowest BCUT2D eigenvalue weighted by Crippen LogP contribution is -2.02. The van der Waals surface area contributed by atoms with Gasteiger partial charge in [0.25, 0.3) is 0 Å². The van der Waals surface area contributed by atoms with E-state index in [4.69, 9.17) is 10.5 Å². The SMILES string of the molecule is CC(C)CCOCc1ccc(F)cc1N. The van der Waals surface area contributed by atoms with Gasteiger partial charge in [-0.2, -0.15) is 0 Å². The number of nitrogens with two attached hydrogens (primary N) is 1. The van der Waals surface area contributed by atoms with Crippen LogP contribution in [0.4, 0.5) is 10.1 Å². The third-order valence-electron chi connectivity index (χ3n) is 2.21. The van der Waals surface area contributed by atoms with Crippen LogP contribution >= 0.6 is 0 Å². The first kappa shape index (κ1) is 12.0. The van der Waals surface area contributed by atoms with E-state index in [9.17, 15) is 4.39 Å². The molecule has 3 heteroatoms. The van der Waals surface area contributed by atoms with Gasteiger partial charge in [-0.1, -0.05) is 19.9 Å². The van der Waals surface area contributed by atoms with Crippen molar-refractivity contribution in [3.8, 4) is 0 Å². The Morgan fingerprint density at radius 2 is 2.13 bits per heavy atom. The Morgan fingerprint density at radius 1 is 1.40 bits per heavy atom. The van der Waals surface area contributed by atoms with E-state index in [-0.39, 0.29) is 5.82 Å². The molecule has 15 heavy (non-hydrogen) atoms. The Morgan fingerprint density at radius 3 is 2.73 bits per heavy atom. The van der Waals surface area contributed by atoms with Gasteiger partial charge in [-0.25, -0.2) is 4.39 Å². The first-order chi connectivity index (χ1) is 7.09. The second-order valence-electron chi connectivity index (χ2n) is 4.08. The van der Waals surface area contributed by atoms with Crippen LogP contribution in [-0.4, -0.2) is 6.61 Å². The Labute approximate surface area is 90.2 Å². The van der Waals surface area contributed by atoms with E-state index in [1.807, 2.05) is 0 Å². The maximum Gasteiger partial charge on any atom is 0.125 e. The molecule has 0 radical (unpaired) electrons. The number of nitrogen functional groups attached to an aromatic ring is 1. The molecular formula is C12H18FNO. The zero-order valence-electron chi connectivity index (χ0n) is 9.29. The van der Waals surface area contributed by atoms with Gasteiger partial charge in [0.2, 0.25) is 0 Å². The van der Waals surface area contributed by atoms with Crippen LogP contribution in [0.2, 0.25) is 0 Å². The number of benzene rings is 1. The van der Waals surface area contributed by atoms with Crippen molar-refractivity contribution < 1.29 is 9.13 Å². The smallest absolute Gasteiger partial charge is 0.125 e. The van der Waals surface area contributed by atoms with Crippen LogP contribution < -0.4 is 5.73 Å². The molecule has 0 aliphatic heterocycles. The standard InChI is InChI=1S/C12H18FNO/c1-9(2)5-6-15-8-10-3-4-11(13)7-12(10)14/h3-4,7,9H,5-6,8,14H2,1-2H3. The van der Waals surface area contributed by atoms with Crippen molar-refractivity contribution in [2.24, 2.45) is 5.92 Å². The highest BCUT2D eigenvalue weighted by molar-refractivity contribution is 5.46. The summed E-state index contributed by atoms with van der Waals surface area (Å²) in [5.74, 6) is 0.328. The zero-order valence-corrected chi connectivity index (χ0v) is 9.29. The summed E-state index contributed by atoms with van der Waals surface area (Å²) in [6.45, 7) is 5.47. The Kier molecular flexibility index (Phi) is 4.56. The second-order valence-corrected chi connectivity index (χ2v) is 4.08. The number of ether oxygens (including phenoxy) is 1. The molecule has 0 saturated carbocycles. The van der Waals surface area contributed by atoms with Crippen LogP contribution in [0, 0.1) is 11.7 Å². The van der Waals surface area contributed by atoms with E-state index in [1.165, 1.54) is 12.1 Å². The summed E-state index contributed by atoms with van der Waals surface area (Å²) in [6.07, 6.45) is 1.03. The molecule has 0 aliphatic carbocycles. The normalized spacial score (nSPS) is 10.9. The molecule has 0 spiro atoms. The fraction of sp³-hybridized carbons (Fsp3) is 0.500. The molecule has 1 aromatic rings. The molecule has 1 rings (SSSR count). The van der Waals surface area contributed by atoms with E-state index >= 15 is 0 Å². The van der Waals surface area contributed by atoms with Crippen LogP contribution in [-0.2, 0) is 11.3 Å². The van der Waals surface area contributed by atoms with Crippen LogP contribution in [0.5, 0.6) is 0 Å². The Hall–Kier alpha value is -1.09. The van der Waals surface area contributed by atoms with E-state index < -0.39 is 0 Å². The maximum atomic E-state index is 12.7. The molecule has 84 valence electrons. The molecule has 0 aromatic heterocycles. The van der Waals surface area contributed by atoms with E-state index in [0.29, 0.717) is 24.8 Å². The zero-order chi connectivity index (χ0) is 11.3.